The summed E-state index contributed by atoms with van der Waals surface area (Å²) in [7, 11) is 0. The van der Waals surface area contributed by atoms with Crippen molar-refractivity contribution in [2.24, 2.45) is 0 Å². The quantitative estimate of drug-likeness (QED) is 0.649. The first-order valence-electron chi connectivity index (χ1n) is 5.16. The summed E-state index contributed by atoms with van der Waals surface area (Å²) in [4.78, 5) is 21.9. The molecule has 5 nitrogen and oxygen atoms in total. The first-order chi connectivity index (χ1) is 6.84. The van der Waals surface area contributed by atoms with Gasteiger partial charge in [0.15, 0.2) is 0 Å². The van der Waals surface area contributed by atoms with E-state index in [1.54, 1.807) is 0 Å². The molecule has 0 fully saturated rings. The van der Waals surface area contributed by atoms with Crippen LogP contribution in [-0.4, -0.2) is 28.7 Å². The van der Waals surface area contributed by atoms with Gasteiger partial charge in [-0.05, 0) is 26.7 Å². The molecule has 0 aliphatic carbocycles. The SMILES string of the molecule is CCC(C)(CC)NC(=O)N[C@H](C)C(=O)O. The average Bonchev–Trinajstić information content (AvgIpc) is 2.17. The number of hydrogen-bond acceptors (Lipinski definition) is 2. The van der Waals surface area contributed by atoms with Gasteiger partial charge in [0.2, 0.25) is 0 Å². The molecule has 0 aromatic carbocycles. The van der Waals surface area contributed by atoms with Crippen molar-refractivity contribution in [3.63, 3.8) is 0 Å². The van der Waals surface area contributed by atoms with Crippen molar-refractivity contribution < 1.29 is 14.7 Å². The van der Waals surface area contributed by atoms with Gasteiger partial charge in [0.25, 0.3) is 0 Å². The van der Waals surface area contributed by atoms with E-state index in [0.717, 1.165) is 12.8 Å². The van der Waals surface area contributed by atoms with Gasteiger partial charge in [-0.3, -0.25) is 4.79 Å². The lowest BCUT2D eigenvalue weighted by atomic mass is 9.96. The van der Waals surface area contributed by atoms with E-state index in [0.29, 0.717) is 0 Å². The highest BCUT2D eigenvalue weighted by molar-refractivity contribution is 5.82. The molecular formula is C10H20N2O3. The van der Waals surface area contributed by atoms with Crippen LogP contribution in [0, 0.1) is 0 Å². The van der Waals surface area contributed by atoms with Crippen LogP contribution in [0.25, 0.3) is 0 Å². The normalized spacial score (nSPS) is 13.1. The molecule has 0 aliphatic rings. The summed E-state index contributed by atoms with van der Waals surface area (Å²) >= 11 is 0. The fourth-order valence-corrected chi connectivity index (χ4v) is 0.995. The molecule has 2 amide bonds. The smallest absolute Gasteiger partial charge is 0.325 e. The number of amides is 2. The fourth-order valence-electron chi connectivity index (χ4n) is 0.995. The van der Waals surface area contributed by atoms with Crippen molar-refractivity contribution in [2.75, 3.05) is 0 Å². The molecule has 3 N–H and O–H groups in total. The molecular weight excluding hydrogens is 196 g/mol. The molecule has 0 saturated heterocycles. The van der Waals surface area contributed by atoms with Gasteiger partial charge in [0.05, 0.1) is 0 Å². The Balaban J connectivity index is 4.19. The standard InChI is InChI=1S/C10H20N2O3/c1-5-10(4,6-2)12-9(15)11-7(3)8(13)14/h7H,5-6H2,1-4H3,(H,13,14)(H2,11,12,15)/t7-/m1/s1. The Morgan fingerprint density at radius 1 is 1.33 bits per heavy atom. The molecule has 0 bridgehead atoms. The van der Waals surface area contributed by atoms with Crippen molar-refractivity contribution in [3.05, 3.63) is 0 Å². The Morgan fingerprint density at radius 2 is 1.80 bits per heavy atom. The predicted molar refractivity (Wildman–Crippen MR) is 57.8 cm³/mol. The summed E-state index contributed by atoms with van der Waals surface area (Å²) in [6.07, 6.45) is 1.61. The minimum absolute atomic E-state index is 0.275. The second-order valence-corrected chi connectivity index (χ2v) is 3.93. The van der Waals surface area contributed by atoms with E-state index in [1.807, 2.05) is 20.8 Å². The van der Waals surface area contributed by atoms with Gasteiger partial charge < -0.3 is 15.7 Å². The molecule has 1 atom stereocenters. The Bertz CT molecular complexity index is 237. The van der Waals surface area contributed by atoms with Gasteiger partial charge in [0, 0.05) is 5.54 Å². The Kier molecular flexibility index (Phi) is 5.11. The third kappa shape index (κ3) is 4.67. The first-order valence-corrected chi connectivity index (χ1v) is 5.16. The van der Waals surface area contributed by atoms with E-state index < -0.39 is 18.0 Å². The third-order valence-corrected chi connectivity index (χ3v) is 2.69. The van der Waals surface area contributed by atoms with E-state index in [9.17, 15) is 9.59 Å². The Labute approximate surface area is 90.2 Å². The molecule has 0 saturated carbocycles. The Morgan fingerprint density at radius 3 is 2.13 bits per heavy atom. The van der Waals surface area contributed by atoms with Crippen LogP contribution < -0.4 is 10.6 Å². The van der Waals surface area contributed by atoms with Crippen molar-refractivity contribution in [2.45, 2.75) is 52.1 Å². The van der Waals surface area contributed by atoms with Crippen LogP contribution in [0.2, 0.25) is 0 Å². The zero-order valence-corrected chi connectivity index (χ0v) is 9.76. The van der Waals surface area contributed by atoms with Crippen LogP contribution in [0.1, 0.15) is 40.5 Å². The summed E-state index contributed by atoms with van der Waals surface area (Å²) in [5, 5.41) is 13.7. The van der Waals surface area contributed by atoms with Crippen molar-refractivity contribution in [1.29, 1.82) is 0 Å². The summed E-state index contributed by atoms with van der Waals surface area (Å²) in [5.74, 6) is -1.04. The number of hydrogen-bond donors (Lipinski definition) is 3. The summed E-state index contributed by atoms with van der Waals surface area (Å²) in [5.41, 5.74) is -0.275. The van der Waals surface area contributed by atoms with Gasteiger partial charge in [0.1, 0.15) is 6.04 Å². The Hall–Kier alpha value is -1.26. The molecule has 0 aromatic rings. The summed E-state index contributed by atoms with van der Waals surface area (Å²) in [6, 6.07) is -1.31. The number of aliphatic carboxylic acids is 1. The van der Waals surface area contributed by atoms with Gasteiger partial charge in [-0.25, -0.2) is 4.79 Å². The van der Waals surface area contributed by atoms with E-state index in [1.165, 1.54) is 6.92 Å². The lowest BCUT2D eigenvalue weighted by molar-refractivity contribution is -0.138. The predicted octanol–water partition coefficient (Wildman–Crippen LogP) is 1.34. The monoisotopic (exact) mass is 216 g/mol. The zero-order valence-electron chi connectivity index (χ0n) is 9.76. The molecule has 0 heterocycles. The van der Waals surface area contributed by atoms with Crippen LogP contribution >= 0.6 is 0 Å². The molecule has 0 unspecified atom stereocenters. The lowest BCUT2D eigenvalue weighted by Crippen LogP contribution is -2.52. The maximum Gasteiger partial charge on any atom is 0.325 e. The van der Waals surface area contributed by atoms with Crippen LogP contribution in [0.3, 0.4) is 0 Å². The fraction of sp³-hybridized carbons (Fsp3) is 0.800. The average molecular weight is 216 g/mol. The third-order valence-electron chi connectivity index (χ3n) is 2.69. The second-order valence-electron chi connectivity index (χ2n) is 3.93. The lowest BCUT2D eigenvalue weighted by Gasteiger charge is -2.28. The summed E-state index contributed by atoms with van der Waals surface area (Å²) in [6.45, 7) is 7.31. The highest BCUT2D eigenvalue weighted by atomic mass is 16.4. The highest BCUT2D eigenvalue weighted by Gasteiger charge is 2.23. The van der Waals surface area contributed by atoms with Crippen molar-refractivity contribution >= 4 is 12.0 Å². The number of rotatable bonds is 5. The zero-order chi connectivity index (χ0) is 12.1. The molecule has 0 aromatic heterocycles. The van der Waals surface area contributed by atoms with Gasteiger partial charge >= 0.3 is 12.0 Å². The van der Waals surface area contributed by atoms with Crippen molar-refractivity contribution in [3.8, 4) is 0 Å². The number of nitrogens with one attached hydrogen (secondary N) is 2. The molecule has 0 spiro atoms. The molecule has 0 radical (unpaired) electrons. The van der Waals surface area contributed by atoms with Gasteiger partial charge in [-0.15, -0.1) is 0 Å². The maximum atomic E-state index is 11.4. The minimum Gasteiger partial charge on any atom is -0.480 e. The second kappa shape index (κ2) is 5.58. The number of carbonyl (C=O) groups is 2. The molecule has 0 aliphatic heterocycles. The van der Waals surface area contributed by atoms with Crippen LogP contribution in [0.15, 0.2) is 0 Å². The van der Waals surface area contributed by atoms with E-state index >= 15 is 0 Å². The number of carboxylic acid groups (broad SMARTS) is 1. The largest absolute Gasteiger partial charge is 0.480 e. The van der Waals surface area contributed by atoms with E-state index in [-0.39, 0.29) is 5.54 Å². The van der Waals surface area contributed by atoms with Crippen LogP contribution in [-0.2, 0) is 4.79 Å². The first kappa shape index (κ1) is 13.7. The number of carboxylic acids is 1. The summed E-state index contributed by atoms with van der Waals surface area (Å²) < 4.78 is 0. The van der Waals surface area contributed by atoms with E-state index in [2.05, 4.69) is 10.6 Å². The number of urea groups is 1. The number of carbonyl (C=O) groups excluding carboxylic acids is 1. The van der Waals surface area contributed by atoms with E-state index in [4.69, 9.17) is 5.11 Å². The highest BCUT2D eigenvalue weighted by Crippen LogP contribution is 2.12. The molecule has 15 heavy (non-hydrogen) atoms. The molecule has 88 valence electrons. The molecule has 5 heteroatoms. The molecule has 0 rings (SSSR count). The van der Waals surface area contributed by atoms with Gasteiger partial charge in [-0.1, -0.05) is 13.8 Å². The van der Waals surface area contributed by atoms with Crippen LogP contribution in [0.5, 0.6) is 0 Å². The van der Waals surface area contributed by atoms with Gasteiger partial charge in [-0.2, -0.15) is 0 Å². The van der Waals surface area contributed by atoms with Crippen molar-refractivity contribution in [1.82, 2.24) is 10.6 Å². The maximum absolute atomic E-state index is 11.4. The topological polar surface area (TPSA) is 78.4 Å². The van der Waals surface area contributed by atoms with Crippen LogP contribution in [0.4, 0.5) is 4.79 Å². The minimum atomic E-state index is -1.04.